The molecule has 186 valence electrons. The molecule has 2 saturated heterocycles. The van der Waals surface area contributed by atoms with Gasteiger partial charge in [-0.15, -0.1) is 0 Å². The van der Waals surface area contributed by atoms with E-state index in [1.54, 1.807) is 12.0 Å². The van der Waals surface area contributed by atoms with Crippen LogP contribution in [0.5, 0.6) is 5.75 Å². The molecule has 0 saturated carbocycles. The maximum atomic E-state index is 13.4. The fourth-order valence-corrected chi connectivity index (χ4v) is 6.31. The molecule has 6 rings (SSSR count). The van der Waals surface area contributed by atoms with Gasteiger partial charge in [-0.1, -0.05) is 54.6 Å². The van der Waals surface area contributed by atoms with Gasteiger partial charge in [-0.3, -0.25) is 4.90 Å². The molecule has 2 aliphatic heterocycles. The SMILES string of the molecule is COc1cc(C)cc(C2(O)CC3COCC(C2)N3C(=O)OCC2c3ccccc3-c3ccccc32)c1. The molecular weight excluding hydrogens is 454 g/mol. The predicted molar refractivity (Wildman–Crippen MR) is 136 cm³/mol. The van der Waals surface area contributed by atoms with Crippen LogP contribution in [0.4, 0.5) is 4.79 Å². The number of ether oxygens (including phenoxy) is 3. The minimum atomic E-state index is -1.06. The Morgan fingerprint density at radius 3 is 2.22 bits per heavy atom. The lowest BCUT2D eigenvalue weighted by atomic mass is 9.76. The van der Waals surface area contributed by atoms with E-state index in [0.29, 0.717) is 26.1 Å². The molecule has 1 amide bonds. The number of nitrogens with zero attached hydrogens (tertiary/aromatic N) is 1. The molecule has 0 radical (unpaired) electrons. The van der Waals surface area contributed by atoms with Gasteiger partial charge < -0.3 is 19.3 Å². The van der Waals surface area contributed by atoms with Gasteiger partial charge in [-0.05, 0) is 52.4 Å². The lowest BCUT2D eigenvalue weighted by Gasteiger charge is -2.51. The highest BCUT2D eigenvalue weighted by molar-refractivity contribution is 5.79. The smallest absolute Gasteiger partial charge is 0.410 e. The highest BCUT2D eigenvalue weighted by atomic mass is 16.6. The van der Waals surface area contributed by atoms with Crippen LogP contribution in [0, 0.1) is 6.92 Å². The first kappa shape index (κ1) is 23.1. The Balaban J connectivity index is 1.21. The molecule has 3 aromatic carbocycles. The van der Waals surface area contributed by atoms with Gasteiger partial charge in [0.25, 0.3) is 0 Å². The van der Waals surface area contributed by atoms with E-state index in [1.807, 2.05) is 49.4 Å². The Morgan fingerprint density at radius 2 is 1.61 bits per heavy atom. The summed E-state index contributed by atoms with van der Waals surface area (Å²) in [5.41, 5.74) is 5.58. The molecule has 1 N–H and O–H groups in total. The number of aliphatic hydroxyl groups is 1. The third kappa shape index (κ3) is 3.85. The zero-order chi connectivity index (χ0) is 24.9. The van der Waals surface area contributed by atoms with E-state index in [2.05, 4.69) is 24.3 Å². The number of aryl methyl sites for hydroxylation is 1. The summed E-state index contributed by atoms with van der Waals surface area (Å²) in [4.78, 5) is 15.2. The topological polar surface area (TPSA) is 68.2 Å². The van der Waals surface area contributed by atoms with E-state index < -0.39 is 5.60 Å². The summed E-state index contributed by atoms with van der Waals surface area (Å²) in [7, 11) is 1.63. The second kappa shape index (κ2) is 8.95. The zero-order valence-corrected chi connectivity index (χ0v) is 20.6. The van der Waals surface area contributed by atoms with Gasteiger partial charge in [0.1, 0.15) is 12.4 Å². The highest BCUT2D eigenvalue weighted by Crippen LogP contribution is 2.45. The van der Waals surface area contributed by atoms with Crippen molar-refractivity contribution in [2.75, 3.05) is 26.9 Å². The van der Waals surface area contributed by atoms with E-state index in [9.17, 15) is 9.90 Å². The van der Waals surface area contributed by atoms with Crippen LogP contribution in [0.3, 0.4) is 0 Å². The fraction of sp³-hybridized carbons (Fsp3) is 0.367. The number of hydrogen-bond donors (Lipinski definition) is 1. The minimum absolute atomic E-state index is 0.0129. The molecule has 1 aliphatic carbocycles. The van der Waals surface area contributed by atoms with Gasteiger partial charge in [0.05, 0.1) is 38.0 Å². The number of morpholine rings is 1. The quantitative estimate of drug-likeness (QED) is 0.563. The molecule has 6 nitrogen and oxygen atoms in total. The van der Waals surface area contributed by atoms with Gasteiger partial charge in [0.15, 0.2) is 0 Å². The van der Waals surface area contributed by atoms with Crippen molar-refractivity contribution < 1.29 is 24.1 Å². The molecule has 6 heteroatoms. The zero-order valence-electron chi connectivity index (χ0n) is 20.6. The molecular formula is C30H31NO5. The molecule has 0 aromatic heterocycles. The molecule has 0 spiro atoms. The van der Waals surface area contributed by atoms with Crippen LogP contribution in [0.15, 0.2) is 66.7 Å². The Hall–Kier alpha value is -3.35. The maximum Gasteiger partial charge on any atom is 0.410 e. The van der Waals surface area contributed by atoms with Crippen LogP contribution in [-0.2, 0) is 15.1 Å². The Kier molecular flexibility index (Phi) is 5.73. The van der Waals surface area contributed by atoms with Crippen molar-refractivity contribution in [1.29, 1.82) is 0 Å². The van der Waals surface area contributed by atoms with Gasteiger partial charge in [0.2, 0.25) is 0 Å². The van der Waals surface area contributed by atoms with Crippen molar-refractivity contribution in [3.63, 3.8) is 0 Å². The number of piperidine rings is 1. The van der Waals surface area contributed by atoms with E-state index in [0.717, 1.165) is 16.9 Å². The number of carbonyl (C=O) groups is 1. The van der Waals surface area contributed by atoms with Crippen LogP contribution in [-0.4, -0.2) is 55.1 Å². The predicted octanol–water partition coefficient (Wildman–Crippen LogP) is 5.00. The lowest BCUT2D eigenvalue weighted by Crippen LogP contribution is -2.62. The molecule has 2 fully saturated rings. The van der Waals surface area contributed by atoms with E-state index in [-0.39, 0.29) is 30.7 Å². The molecule has 2 heterocycles. The summed E-state index contributed by atoms with van der Waals surface area (Å²) in [5, 5.41) is 11.7. The minimum Gasteiger partial charge on any atom is -0.497 e. The van der Waals surface area contributed by atoms with Crippen molar-refractivity contribution in [2.45, 2.75) is 43.4 Å². The van der Waals surface area contributed by atoms with Gasteiger partial charge in [-0.2, -0.15) is 0 Å². The lowest BCUT2D eigenvalue weighted by molar-refractivity contribution is -0.136. The molecule has 3 aromatic rings. The van der Waals surface area contributed by atoms with Crippen LogP contribution in [0.2, 0.25) is 0 Å². The maximum absolute atomic E-state index is 13.4. The number of hydrogen-bond acceptors (Lipinski definition) is 5. The molecule has 2 atom stereocenters. The second-order valence-corrected chi connectivity index (χ2v) is 10.2. The first-order valence-corrected chi connectivity index (χ1v) is 12.6. The van der Waals surface area contributed by atoms with Crippen molar-refractivity contribution in [2.24, 2.45) is 0 Å². The van der Waals surface area contributed by atoms with E-state index in [1.165, 1.54) is 22.3 Å². The standard InChI is InChI=1S/C30H31NO5/c1-19-11-20(13-23(12-19)34-2)30(33)14-21-16-35-17-22(15-30)31(21)29(32)36-18-28-26-9-5-3-7-24(26)25-8-4-6-10-27(25)28/h3-13,21-22,28,33H,14-18H2,1-2H3. The molecule has 2 unspecified atom stereocenters. The summed E-state index contributed by atoms with van der Waals surface area (Å²) in [6, 6.07) is 22.0. The van der Waals surface area contributed by atoms with E-state index in [4.69, 9.17) is 14.2 Å². The summed E-state index contributed by atoms with van der Waals surface area (Å²) >= 11 is 0. The molecule has 3 aliphatic rings. The van der Waals surface area contributed by atoms with Gasteiger partial charge >= 0.3 is 6.09 Å². The first-order valence-electron chi connectivity index (χ1n) is 12.6. The van der Waals surface area contributed by atoms with Crippen molar-refractivity contribution in [3.8, 4) is 16.9 Å². The molecule has 2 bridgehead atoms. The third-order valence-electron chi connectivity index (χ3n) is 7.92. The number of methoxy groups -OCH3 is 1. The Labute approximate surface area is 211 Å². The summed E-state index contributed by atoms with van der Waals surface area (Å²) < 4.78 is 17.2. The fourth-order valence-electron chi connectivity index (χ4n) is 6.31. The number of rotatable bonds is 4. The van der Waals surface area contributed by atoms with Crippen molar-refractivity contribution >= 4 is 6.09 Å². The van der Waals surface area contributed by atoms with E-state index >= 15 is 0 Å². The first-order chi connectivity index (χ1) is 17.5. The summed E-state index contributed by atoms with van der Waals surface area (Å²) in [6.45, 7) is 3.03. The Morgan fingerprint density at radius 1 is 1.00 bits per heavy atom. The van der Waals surface area contributed by atoms with Gasteiger partial charge in [-0.25, -0.2) is 4.79 Å². The second-order valence-electron chi connectivity index (χ2n) is 10.2. The van der Waals surface area contributed by atoms with Crippen LogP contribution < -0.4 is 4.74 Å². The Bertz CT molecular complexity index is 1240. The monoisotopic (exact) mass is 485 g/mol. The summed E-state index contributed by atoms with van der Waals surface area (Å²) in [5.74, 6) is 0.734. The highest BCUT2D eigenvalue weighted by Gasteiger charge is 2.49. The van der Waals surface area contributed by atoms with Crippen molar-refractivity contribution in [1.82, 2.24) is 4.90 Å². The van der Waals surface area contributed by atoms with Crippen LogP contribution in [0.25, 0.3) is 11.1 Å². The average molecular weight is 486 g/mol. The third-order valence-corrected chi connectivity index (χ3v) is 7.92. The summed E-state index contributed by atoms with van der Waals surface area (Å²) in [6.07, 6.45) is 0.444. The molecule has 36 heavy (non-hydrogen) atoms. The number of fused-ring (bicyclic) bond motifs is 5. The van der Waals surface area contributed by atoms with Crippen LogP contribution in [0.1, 0.15) is 41.0 Å². The number of benzene rings is 3. The average Bonchev–Trinajstić information content (AvgIpc) is 3.20. The van der Waals surface area contributed by atoms with Crippen molar-refractivity contribution in [3.05, 3.63) is 89.0 Å². The number of carbonyl (C=O) groups excluding carboxylic acids is 1. The largest absolute Gasteiger partial charge is 0.497 e. The normalized spacial score (nSPS) is 24.7. The van der Waals surface area contributed by atoms with Crippen LogP contribution >= 0.6 is 0 Å². The number of amides is 1. The van der Waals surface area contributed by atoms with Gasteiger partial charge in [0, 0.05) is 18.8 Å².